The number of aryl methyl sites for hydroxylation is 1. The van der Waals surface area contributed by atoms with Gasteiger partial charge in [-0.05, 0) is 26.7 Å². The third-order valence-electron chi connectivity index (χ3n) is 3.23. The maximum absolute atomic E-state index is 5.14. The van der Waals surface area contributed by atoms with Gasteiger partial charge >= 0.3 is 0 Å². The molecule has 5 heteroatoms. The summed E-state index contributed by atoms with van der Waals surface area (Å²) in [7, 11) is 1.74. The number of ether oxygens (including phenoxy) is 1. The topological polar surface area (TPSA) is 37.4 Å². The Bertz CT molecular complexity index is 376. The molecule has 0 aliphatic heterocycles. The van der Waals surface area contributed by atoms with Crippen molar-refractivity contribution in [2.24, 2.45) is 0 Å². The standard InChI is InChI=1S/C13H23N3OS/c1-4-16(7-8-17-3)13-15-10(2)12(18-13)9-14-11-5-6-11/h11,14H,4-9H2,1-3H3. The quantitative estimate of drug-likeness (QED) is 0.785. The second-order valence-corrected chi connectivity index (χ2v) is 5.79. The highest BCUT2D eigenvalue weighted by Gasteiger charge is 2.21. The van der Waals surface area contributed by atoms with E-state index in [0.29, 0.717) is 0 Å². The third kappa shape index (κ3) is 3.67. The molecule has 1 heterocycles. The summed E-state index contributed by atoms with van der Waals surface area (Å²) in [4.78, 5) is 8.33. The van der Waals surface area contributed by atoms with Crippen LogP contribution < -0.4 is 10.2 Å². The Hall–Kier alpha value is -0.650. The Morgan fingerprint density at radius 1 is 1.50 bits per heavy atom. The van der Waals surface area contributed by atoms with Crippen LogP contribution in [0.1, 0.15) is 30.3 Å². The van der Waals surface area contributed by atoms with E-state index in [0.717, 1.165) is 37.4 Å². The van der Waals surface area contributed by atoms with Crippen LogP contribution in [0, 0.1) is 6.92 Å². The van der Waals surface area contributed by atoms with Crippen LogP contribution in [0.15, 0.2) is 0 Å². The van der Waals surface area contributed by atoms with E-state index in [9.17, 15) is 0 Å². The minimum absolute atomic E-state index is 0.752. The van der Waals surface area contributed by atoms with Crippen LogP contribution in [0.5, 0.6) is 0 Å². The molecule has 1 fully saturated rings. The van der Waals surface area contributed by atoms with Crippen LogP contribution in [0.3, 0.4) is 0 Å². The highest BCUT2D eigenvalue weighted by molar-refractivity contribution is 7.15. The first-order valence-electron chi connectivity index (χ1n) is 6.68. The van der Waals surface area contributed by atoms with Crippen molar-refractivity contribution >= 4 is 16.5 Å². The molecule has 0 amide bonds. The average Bonchev–Trinajstić information content (AvgIpc) is 3.12. The van der Waals surface area contributed by atoms with Crippen molar-refractivity contribution in [3.05, 3.63) is 10.6 Å². The zero-order valence-electron chi connectivity index (χ0n) is 11.5. The Kier molecular flexibility index (Phi) is 4.97. The predicted octanol–water partition coefficient (Wildman–Crippen LogP) is 2.18. The average molecular weight is 269 g/mol. The van der Waals surface area contributed by atoms with Gasteiger partial charge in [0.05, 0.1) is 12.3 Å². The fraction of sp³-hybridized carbons (Fsp3) is 0.769. The van der Waals surface area contributed by atoms with E-state index in [2.05, 4.69) is 29.0 Å². The highest BCUT2D eigenvalue weighted by Crippen LogP contribution is 2.27. The zero-order valence-corrected chi connectivity index (χ0v) is 12.3. The lowest BCUT2D eigenvalue weighted by molar-refractivity contribution is 0.205. The number of hydrogen-bond donors (Lipinski definition) is 1. The number of anilines is 1. The molecule has 1 aliphatic rings. The van der Waals surface area contributed by atoms with Crippen molar-refractivity contribution in [1.29, 1.82) is 0 Å². The van der Waals surface area contributed by atoms with Crippen molar-refractivity contribution in [2.45, 2.75) is 39.3 Å². The van der Waals surface area contributed by atoms with Gasteiger partial charge in [0.25, 0.3) is 0 Å². The summed E-state index contributed by atoms with van der Waals surface area (Å²) in [6.45, 7) is 7.88. The van der Waals surface area contributed by atoms with Gasteiger partial charge in [0.15, 0.2) is 5.13 Å². The highest BCUT2D eigenvalue weighted by atomic mass is 32.1. The van der Waals surface area contributed by atoms with Gasteiger partial charge in [-0.3, -0.25) is 0 Å². The third-order valence-corrected chi connectivity index (χ3v) is 4.45. The number of thiazole rings is 1. The molecule has 1 N–H and O–H groups in total. The minimum atomic E-state index is 0.752. The molecule has 102 valence electrons. The normalized spacial score (nSPS) is 15.1. The molecule has 18 heavy (non-hydrogen) atoms. The molecule has 1 saturated carbocycles. The first kappa shape index (κ1) is 13.8. The number of rotatable bonds is 8. The summed E-state index contributed by atoms with van der Waals surface area (Å²) in [5, 5.41) is 4.68. The van der Waals surface area contributed by atoms with Crippen LogP contribution in [0.2, 0.25) is 0 Å². The SMILES string of the molecule is CCN(CCOC)c1nc(C)c(CNC2CC2)s1. The molecule has 1 aromatic rings. The van der Waals surface area contributed by atoms with Crippen LogP contribution in [-0.2, 0) is 11.3 Å². The summed E-state index contributed by atoms with van der Waals surface area (Å²) in [5.41, 5.74) is 1.17. The van der Waals surface area contributed by atoms with E-state index in [4.69, 9.17) is 4.74 Å². The van der Waals surface area contributed by atoms with E-state index < -0.39 is 0 Å². The van der Waals surface area contributed by atoms with Gasteiger partial charge in [0.1, 0.15) is 0 Å². The molecule has 0 atom stereocenters. The summed E-state index contributed by atoms with van der Waals surface area (Å²) in [6.07, 6.45) is 2.67. The monoisotopic (exact) mass is 269 g/mol. The molecule has 0 bridgehead atoms. The van der Waals surface area contributed by atoms with Crippen molar-refractivity contribution in [3.63, 3.8) is 0 Å². The summed E-state index contributed by atoms with van der Waals surface area (Å²) < 4.78 is 5.14. The maximum atomic E-state index is 5.14. The Morgan fingerprint density at radius 3 is 2.89 bits per heavy atom. The van der Waals surface area contributed by atoms with Crippen LogP contribution in [0.25, 0.3) is 0 Å². The molecule has 1 aromatic heterocycles. The first-order chi connectivity index (χ1) is 8.74. The van der Waals surface area contributed by atoms with E-state index >= 15 is 0 Å². The van der Waals surface area contributed by atoms with Gasteiger partial charge < -0.3 is 15.0 Å². The lowest BCUT2D eigenvalue weighted by Gasteiger charge is -2.18. The van der Waals surface area contributed by atoms with Gasteiger partial charge in [0.2, 0.25) is 0 Å². The molecule has 1 aliphatic carbocycles. The number of nitrogens with one attached hydrogen (secondary N) is 1. The van der Waals surface area contributed by atoms with Gasteiger partial charge in [-0.1, -0.05) is 0 Å². The van der Waals surface area contributed by atoms with Crippen molar-refractivity contribution in [3.8, 4) is 0 Å². The van der Waals surface area contributed by atoms with Crippen molar-refractivity contribution < 1.29 is 4.74 Å². The predicted molar refractivity (Wildman–Crippen MR) is 76.5 cm³/mol. The Balaban J connectivity index is 1.95. The van der Waals surface area contributed by atoms with Gasteiger partial charge in [-0.2, -0.15) is 0 Å². The van der Waals surface area contributed by atoms with Gasteiger partial charge in [0, 0.05) is 37.7 Å². The number of nitrogens with zero attached hydrogens (tertiary/aromatic N) is 2. The molecule has 2 rings (SSSR count). The summed E-state index contributed by atoms with van der Waals surface area (Å²) in [5.74, 6) is 0. The molecule has 0 saturated heterocycles. The van der Waals surface area contributed by atoms with E-state index in [1.165, 1.54) is 23.4 Å². The zero-order chi connectivity index (χ0) is 13.0. The van der Waals surface area contributed by atoms with Gasteiger partial charge in [-0.25, -0.2) is 4.98 Å². The minimum Gasteiger partial charge on any atom is -0.383 e. The maximum Gasteiger partial charge on any atom is 0.185 e. The number of aromatic nitrogens is 1. The Labute approximate surface area is 113 Å². The second-order valence-electron chi connectivity index (χ2n) is 4.73. The second kappa shape index (κ2) is 6.50. The number of hydrogen-bond acceptors (Lipinski definition) is 5. The van der Waals surface area contributed by atoms with Crippen LogP contribution in [0.4, 0.5) is 5.13 Å². The lowest BCUT2D eigenvalue weighted by Crippen LogP contribution is -2.26. The van der Waals surface area contributed by atoms with Crippen molar-refractivity contribution in [2.75, 3.05) is 31.7 Å². The molecule has 0 unspecified atom stereocenters. The smallest absolute Gasteiger partial charge is 0.185 e. The molecular weight excluding hydrogens is 246 g/mol. The molecular formula is C13H23N3OS. The van der Waals surface area contributed by atoms with E-state index in [-0.39, 0.29) is 0 Å². The summed E-state index contributed by atoms with van der Waals surface area (Å²) in [6, 6.07) is 0.755. The molecule has 0 radical (unpaired) electrons. The first-order valence-corrected chi connectivity index (χ1v) is 7.49. The van der Waals surface area contributed by atoms with Crippen molar-refractivity contribution in [1.82, 2.24) is 10.3 Å². The van der Waals surface area contributed by atoms with E-state index in [1.54, 1.807) is 7.11 Å². The summed E-state index contributed by atoms with van der Waals surface area (Å²) >= 11 is 1.81. The number of likely N-dealkylation sites (N-methyl/N-ethyl adjacent to an activating group) is 1. The molecule has 0 aromatic carbocycles. The largest absolute Gasteiger partial charge is 0.383 e. The fourth-order valence-corrected chi connectivity index (χ4v) is 2.93. The number of methoxy groups -OCH3 is 1. The van der Waals surface area contributed by atoms with Crippen LogP contribution >= 0.6 is 11.3 Å². The van der Waals surface area contributed by atoms with Crippen LogP contribution in [-0.4, -0.2) is 37.8 Å². The van der Waals surface area contributed by atoms with E-state index in [1.807, 2.05) is 11.3 Å². The fourth-order valence-electron chi connectivity index (χ4n) is 1.83. The Morgan fingerprint density at radius 2 is 2.28 bits per heavy atom. The molecule has 0 spiro atoms. The van der Waals surface area contributed by atoms with Gasteiger partial charge in [-0.15, -0.1) is 11.3 Å². The lowest BCUT2D eigenvalue weighted by atomic mass is 10.4. The molecule has 4 nitrogen and oxygen atoms in total.